The summed E-state index contributed by atoms with van der Waals surface area (Å²) >= 11 is 0. The second-order valence-electron chi connectivity index (χ2n) is 3.35. The Morgan fingerprint density at radius 1 is 1.37 bits per heavy atom. The van der Waals surface area contributed by atoms with Gasteiger partial charge in [0.2, 0.25) is 0 Å². The molecule has 1 aromatic rings. The lowest BCUT2D eigenvalue weighted by atomic mass is 10.2. The van der Waals surface area contributed by atoms with Gasteiger partial charge in [-0.15, -0.1) is 0 Å². The maximum atomic E-state index is 11.6. The molecule has 19 heavy (non-hydrogen) atoms. The third kappa shape index (κ3) is 4.52. The van der Waals surface area contributed by atoms with Crippen molar-refractivity contribution < 1.29 is 14.3 Å². The zero-order valence-electron chi connectivity index (χ0n) is 10.3. The molecule has 0 saturated heterocycles. The average Bonchev–Trinajstić information content (AvgIpc) is 2.44. The summed E-state index contributed by atoms with van der Waals surface area (Å²) in [5.74, 6) is -1.12. The predicted octanol–water partition coefficient (Wildman–Crippen LogP) is 0.892. The fourth-order valence-electron chi connectivity index (χ4n) is 1.18. The van der Waals surface area contributed by atoms with Gasteiger partial charge in [0.15, 0.2) is 5.57 Å². The number of carbonyl (C=O) groups is 2. The average molecular weight is 259 g/mol. The van der Waals surface area contributed by atoms with E-state index in [1.807, 2.05) is 0 Å². The first-order chi connectivity index (χ1) is 9.19. The highest BCUT2D eigenvalue weighted by atomic mass is 16.5. The molecule has 0 saturated carbocycles. The van der Waals surface area contributed by atoms with Gasteiger partial charge in [-0.25, -0.2) is 4.79 Å². The van der Waals surface area contributed by atoms with E-state index in [0.29, 0.717) is 5.56 Å². The molecule has 0 bridgehead atoms. The molecule has 6 nitrogen and oxygen atoms in total. The summed E-state index contributed by atoms with van der Waals surface area (Å²) in [6, 6.07) is 10.2. The molecule has 0 heterocycles. The van der Waals surface area contributed by atoms with Gasteiger partial charge >= 0.3 is 5.97 Å². The lowest BCUT2D eigenvalue weighted by Crippen LogP contribution is -2.34. The molecule has 0 atom stereocenters. The summed E-state index contributed by atoms with van der Waals surface area (Å²) in [5.41, 5.74) is 4.96. The fourth-order valence-corrected chi connectivity index (χ4v) is 1.18. The molecule has 0 aliphatic carbocycles. The SMILES string of the molecule is CCOC(=O)C(C#N)=CNNC(=O)c1ccccc1. The quantitative estimate of drug-likeness (QED) is 0.354. The van der Waals surface area contributed by atoms with Gasteiger partial charge in [-0.3, -0.25) is 10.2 Å². The first-order valence-corrected chi connectivity index (χ1v) is 5.57. The van der Waals surface area contributed by atoms with Gasteiger partial charge in [-0.1, -0.05) is 18.2 Å². The molecule has 1 aromatic carbocycles. The Bertz CT molecular complexity index is 518. The van der Waals surface area contributed by atoms with Crippen LogP contribution in [0.5, 0.6) is 0 Å². The van der Waals surface area contributed by atoms with Crippen molar-refractivity contribution in [1.29, 1.82) is 5.26 Å². The van der Waals surface area contributed by atoms with E-state index < -0.39 is 5.97 Å². The van der Waals surface area contributed by atoms with Crippen LogP contribution in [0.3, 0.4) is 0 Å². The molecule has 0 spiro atoms. The number of rotatable bonds is 5. The Labute approximate surface area is 110 Å². The highest BCUT2D eigenvalue weighted by Crippen LogP contribution is 1.97. The fraction of sp³-hybridized carbons (Fsp3) is 0.154. The Kier molecular flexibility index (Phi) is 5.63. The molecule has 2 N–H and O–H groups in total. The number of esters is 1. The third-order valence-corrected chi connectivity index (χ3v) is 2.05. The third-order valence-electron chi connectivity index (χ3n) is 2.05. The van der Waals surface area contributed by atoms with Gasteiger partial charge in [-0.2, -0.15) is 5.26 Å². The van der Waals surface area contributed by atoms with Crippen molar-refractivity contribution in [2.75, 3.05) is 6.61 Å². The van der Waals surface area contributed by atoms with Gasteiger partial charge in [0.1, 0.15) is 6.07 Å². The molecule has 0 aliphatic heterocycles. The number of carbonyl (C=O) groups excluding carboxylic acids is 2. The largest absolute Gasteiger partial charge is 0.462 e. The van der Waals surface area contributed by atoms with Crippen LogP contribution in [-0.4, -0.2) is 18.5 Å². The number of benzene rings is 1. The number of hydrazine groups is 1. The summed E-state index contributed by atoms with van der Waals surface area (Å²) in [6.07, 6.45) is 1.08. The van der Waals surface area contributed by atoms with E-state index in [9.17, 15) is 9.59 Å². The molecule has 0 aliphatic rings. The van der Waals surface area contributed by atoms with Crippen molar-refractivity contribution >= 4 is 11.9 Å². The summed E-state index contributed by atoms with van der Waals surface area (Å²) < 4.78 is 4.65. The summed E-state index contributed by atoms with van der Waals surface area (Å²) in [6.45, 7) is 1.81. The second kappa shape index (κ2) is 7.50. The van der Waals surface area contributed by atoms with E-state index in [1.165, 1.54) is 0 Å². The normalized spacial score (nSPS) is 10.2. The van der Waals surface area contributed by atoms with Crippen LogP contribution in [0.2, 0.25) is 0 Å². The highest BCUT2D eigenvalue weighted by molar-refractivity contribution is 5.94. The minimum Gasteiger partial charge on any atom is -0.462 e. The van der Waals surface area contributed by atoms with Crippen molar-refractivity contribution in [3.05, 3.63) is 47.7 Å². The number of nitrogens with one attached hydrogen (secondary N) is 2. The maximum absolute atomic E-state index is 11.6. The monoisotopic (exact) mass is 259 g/mol. The highest BCUT2D eigenvalue weighted by Gasteiger charge is 2.09. The zero-order chi connectivity index (χ0) is 14.1. The molecule has 0 radical (unpaired) electrons. The summed E-state index contributed by atoms with van der Waals surface area (Å²) in [5, 5.41) is 8.73. The molecule has 1 amide bonds. The van der Waals surface area contributed by atoms with Crippen LogP contribution in [0, 0.1) is 11.3 Å². The van der Waals surface area contributed by atoms with E-state index in [0.717, 1.165) is 6.20 Å². The molecule has 6 heteroatoms. The van der Waals surface area contributed by atoms with Gasteiger partial charge in [0.05, 0.1) is 6.61 Å². The standard InChI is InChI=1S/C13H13N3O3/c1-2-19-13(18)11(8-14)9-15-16-12(17)10-6-4-3-5-7-10/h3-7,9,15H,2H2,1H3,(H,16,17). The lowest BCUT2D eigenvalue weighted by molar-refractivity contribution is -0.138. The minimum atomic E-state index is -0.744. The van der Waals surface area contributed by atoms with Crippen LogP contribution in [0.25, 0.3) is 0 Å². The van der Waals surface area contributed by atoms with Crippen LogP contribution in [0.15, 0.2) is 42.1 Å². The first kappa shape index (κ1) is 14.3. The number of hydrogen-bond donors (Lipinski definition) is 2. The summed E-state index contributed by atoms with van der Waals surface area (Å²) in [4.78, 5) is 22.9. The topological polar surface area (TPSA) is 91.2 Å². The van der Waals surface area contributed by atoms with Crippen molar-refractivity contribution in [2.24, 2.45) is 0 Å². The smallest absolute Gasteiger partial charge is 0.350 e. The Morgan fingerprint density at radius 3 is 2.63 bits per heavy atom. The molecule has 98 valence electrons. The summed E-state index contributed by atoms with van der Waals surface area (Å²) in [7, 11) is 0. The molecule has 0 fully saturated rings. The van der Waals surface area contributed by atoms with Crippen LogP contribution >= 0.6 is 0 Å². The van der Waals surface area contributed by atoms with Crippen LogP contribution in [-0.2, 0) is 9.53 Å². The molecule has 1 rings (SSSR count). The number of ether oxygens (including phenoxy) is 1. The number of hydrogen-bond acceptors (Lipinski definition) is 5. The predicted molar refractivity (Wildman–Crippen MR) is 67.4 cm³/mol. The van der Waals surface area contributed by atoms with Crippen LogP contribution in [0.4, 0.5) is 0 Å². The molecular formula is C13H13N3O3. The van der Waals surface area contributed by atoms with E-state index in [2.05, 4.69) is 15.6 Å². The van der Waals surface area contributed by atoms with E-state index in [-0.39, 0.29) is 18.1 Å². The van der Waals surface area contributed by atoms with Crippen molar-refractivity contribution in [1.82, 2.24) is 10.9 Å². The van der Waals surface area contributed by atoms with Crippen LogP contribution in [0.1, 0.15) is 17.3 Å². The molecular weight excluding hydrogens is 246 g/mol. The van der Waals surface area contributed by atoms with Crippen molar-refractivity contribution in [2.45, 2.75) is 6.92 Å². The maximum Gasteiger partial charge on any atom is 0.350 e. The number of amides is 1. The molecule has 0 unspecified atom stereocenters. The van der Waals surface area contributed by atoms with Crippen LogP contribution < -0.4 is 10.9 Å². The molecule has 0 aromatic heterocycles. The first-order valence-electron chi connectivity index (χ1n) is 5.57. The zero-order valence-corrected chi connectivity index (χ0v) is 10.3. The van der Waals surface area contributed by atoms with E-state index in [1.54, 1.807) is 43.3 Å². The van der Waals surface area contributed by atoms with Crippen molar-refractivity contribution in [3.8, 4) is 6.07 Å². The second-order valence-corrected chi connectivity index (χ2v) is 3.35. The lowest BCUT2D eigenvalue weighted by Gasteiger charge is -2.05. The Hall–Kier alpha value is -2.81. The number of nitriles is 1. The Morgan fingerprint density at radius 2 is 2.05 bits per heavy atom. The van der Waals surface area contributed by atoms with Crippen molar-refractivity contribution in [3.63, 3.8) is 0 Å². The van der Waals surface area contributed by atoms with Gasteiger partial charge < -0.3 is 10.2 Å². The number of nitrogens with zero attached hydrogens (tertiary/aromatic N) is 1. The van der Waals surface area contributed by atoms with Gasteiger partial charge in [0.25, 0.3) is 5.91 Å². The van der Waals surface area contributed by atoms with Gasteiger partial charge in [0, 0.05) is 11.8 Å². The van der Waals surface area contributed by atoms with E-state index in [4.69, 9.17) is 5.26 Å². The minimum absolute atomic E-state index is 0.175. The van der Waals surface area contributed by atoms with Gasteiger partial charge in [-0.05, 0) is 19.1 Å². The van der Waals surface area contributed by atoms with E-state index >= 15 is 0 Å². The Balaban J connectivity index is 2.55.